The van der Waals surface area contributed by atoms with Gasteiger partial charge < -0.3 is 14.8 Å². The van der Waals surface area contributed by atoms with Crippen molar-refractivity contribution in [3.05, 3.63) is 24.3 Å². The van der Waals surface area contributed by atoms with E-state index >= 15 is 0 Å². The van der Waals surface area contributed by atoms with Crippen molar-refractivity contribution in [2.45, 2.75) is 64.7 Å². The van der Waals surface area contributed by atoms with Gasteiger partial charge in [-0.3, -0.25) is 4.79 Å². The molecule has 1 aliphatic rings. The first kappa shape index (κ1) is 15.7. The van der Waals surface area contributed by atoms with E-state index in [9.17, 15) is 4.79 Å². The molecule has 3 unspecified atom stereocenters. The third-order valence-corrected chi connectivity index (χ3v) is 3.73. The van der Waals surface area contributed by atoms with Crippen LogP contribution in [0, 0.1) is 0 Å². The topological polar surface area (TPSA) is 47.6 Å². The van der Waals surface area contributed by atoms with Crippen LogP contribution in [0.3, 0.4) is 0 Å². The second kappa shape index (κ2) is 7.34. The molecule has 0 aromatic heterocycles. The molecule has 4 nitrogen and oxygen atoms in total. The van der Waals surface area contributed by atoms with Gasteiger partial charge >= 0.3 is 0 Å². The molecule has 0 bridgehead atoms. The summed E-state index contributed by atoms with van der Waals surface area (Å²) in [5.74, 6) is 1.24. The molecule has 4 heteroatoms. The van der Waals surface area contributed by atoms with Crippen molar-refractivity contribution in [3.8, 4) is 11.5 Å². The van der Waals surface area contributed by atoms with E-state index in [1.165, 1.54) is 12.8 Å². The number of benzene rings is 1. The number of hydrogen-bond donors (Lipinski definition) is 1. The van der Waals surface area contributed by atoms with Crippen molar-refractivity contribution in [2.75, 3.05) is 0 Å². The van der Waals surface area contributed by atoms with Crippen molar-refractivity contribution < 1.29 is 14.3 Å². The predicted molar refractivity (Wildman–Crippen MR) is 82.7 cm³/mol. The van der Waals surface area contributed by atoms with Gasteiger partial charge in [-0.25, -0.2) is 0 Å². The fourth-order valence-electron chi connectivity index (χ4n) is 2.50. The summed E-state index contributed by atoms with van der Waals surface area (Å²) in [4.78, 5) is 12.3. The van der Waals surface area contributed by atoms with Gasteiger partial charge in [0.15, 0.2) is 11.5 Å². The zero-order valence-corrected chi connectivity index (χ0v) is 13.1. The molecule has 1 N–H and O–H groups in total. The summed E-state index contributed by atoms with van der Waals surface area (Å²) in [6, 6.07) is 7.61. The van der Waals surface area contributed by atoms with Crippen LogP contribution in [0.2, 0.25) is 0 Å². The van der Waals surface area contributed by atoms with Gasteiger partial charge in [0.2, 0.25) is 6.10 Å². The van der Waals surface area contributed by atoms with Crippen molar-refractivity contribution in [1.82, 2.24) is 5.32 Å². The molecule has 0 aliphatic carbocycles. The third-order valence-electron chi connectivity index (χ3n) is 3.73. The van der Waals surface area contributed by atoms with Crippen molar-refractivity contribution in [1.29, 1.82) is 0 Å². The maximum absolute atomic E-state index is 12.3. The third kappa shape index (κ3) is 4.13. The van der Waals surface area contributed by atoms with Gasteiger partial charge in [-0.15, -0.1) is 0 Å². The number of para-hydroxylation sites is 2. The normalized spacial score (nSPS) is 21.7. The van der Waals surface area contributed by atoms with Gasteiger partial charge in [0.05, 0.1) is 0 Å². The van der Waals surface area contributed by atoms with E-state index in [1.807, 2.05) is 38.1 Å². The zero-order valence-electron chi connectivity index (χ0n) is 13.1. The van der Waals surface area contributed by atoms with Crippen LogP contribution >= 0.6 is 0 Å². The molecule has 1 aliphatic heterocycles. The monoisotopic (exact) mass is 291 g/mol. The Bertz CT molecular complexity index is 475. The molecule has 2 rings (SSSR count). The van der Waals surface area contributed by atoms with Gasteiger partial charge in [-0.05, 0) is 32.4 Å². The molecule has 21 heavy (non-hydrogen) atoms. The Hall–Kier alpha value is -1.71. The Morgan fingerprint density at radius 2 is 1.90 bits per heavy atom. The minimum Gasteiger partial charge on any atom is -0.482 e. The van der Waals surface area contributed by atoms with Gasteiger partial charge in [-0.1, -0.05) is 38.3 Å². The first-order valence-corrected chi connectivity index (χ1v) is 7.84. The molecule has 1 aromatic rings. The van der Waals surface area contributed by atoms with Gasteiger partial charge in [0.1, 0.15) is 6.10 Å². The highest BCUT2D eigenvalue weighted by Gasteiger charge is 2.34. The second-order valence-electron chi connectivity index (χ2n) is 5.71. The van der Waals surface area contributed by atoms with Crippen molar-refractivity contribution in [3.63, 3.8) is 0 Å². The fourth-order valence-corrected chi connectivity index (χ4v) is 2.50. The molecule has 1 aromatic carbocycles. The first-order chi connectivity index (χ1) is 10.1. The number of rotatable bonds is 6. The van der Waals surface area contributed by atoms with Crippen LogP contribution in [0.25, 0.3) is 0 Å². The van der Waals surface area contributed by atoms with Crippen LogP contribution in [0.15, 0.2) is 24.3 Å². The lowest BCUT2D eigenvalue weighted by Gasteiger charge is -2.31. The minimum absolute atomic E-state index is 0.0963. The van der Waals surface area contributed by atoms with Crippen molar-refractivity contribution >= 4 is 5.91 Å². The number of nitrogens with one attached hydrogen (secondary N) is 1. The lowest BCUT2D eigenvalue weighted by molar-refractivity contribution is -0.134. The minimum atomic E-state index is -0.589. The van der Waals surface area contributed by atoms with Crippen LogP contribution in [0.4, 0.5) is 0 Å². The Balaban J connectivity index is 1.91. The molecule has 0 spiro atoms. The Morgan fingerprint density at radius 1 is 1.24 bits per heavy atom. The highest BCUT2D eigenvalue weighted by Crippen LogP contribution is 2.33. The summed E-state index contributed by atoms with van der Waals surface area (Å²) in [6.45, 7) is 6.08. The fraction of sp³-hybridized carbons (Fsp3) is 0.588. The summed E-state index contributed by atoms with van der Waals surface area (Å²) < 4.78 is 11.6. The molecular formula is C17H25NO3. The average Bonchev–Trinajstić information content (AvgIpc) is 2.46. The molecule has 1 amide bonds. The van der Waals surface area contributed by atoms with E-state index in [1.54, 1.807) is 0 Å². The standard InChI is InChI=1S/C17H25NO3/c1-4-5-6-9-12(2)18-17(19)16-13(3)20-14-10-7-8-11-15(14)21-16/h7-8,10-13,16H,4-6,9H2,1-3H3,(H,18,19). The van der Waals surface area contributed by atoms with Crippen LogP contribution in [0.5, 0.6) is 11.5 Å². The highest BCUT2D eigenvalue weighted by atomic mass is 16.6. The second-order valence-corrected chi connectivity index (χ2v) is 5.71. The molecule has 0 radical (unpaired) electrons. The summed E-state index contributed by atoms with van der Waals surface area (Å²) in [6.07, 6.45) is 3.65. The summed E-state index contributed by atoms with van der Waals surface area (Å²) in [5.41, 5.74) is 0. The maximum Gasteiger partial charge on any atom is 0.265 e. The van der Waals surface area contributed by atoms with Gasteiger partial charge in [0, 0.05) is 6.04 Å². The number of fused-ring (bicyclic) bond motifs is 1. The molecule has 3 atom stereocenters. The van der Waals surface area contributed by atoms with E-state index in [2.05, 4.69) is 12.2 Å². The quantitative estimate of drug-likeness (QED) is 0.818. The van der Waals surface area contributed by atoms with Crippen LogP contribution < -0.4 is 14.8 Å². The van der Waals surface area contributed by atoms with Gasteiger partial charge in [0.25, 0.3) is 5.91 Å². The smallest absolute Gasteiger partial charge is 0.265 e. The van der Waals surface area contributed by atoms with Crippen LogP contribution in [0.1, 0.15) is 46.5 Å². The lowest BCUT2D eigenvalue weighted by atomic mass is 10.1. The lowest BCUT2D eigenvalue weighted by Crippen LogP contribution is -2.51. The number of amides is 1. The number of ether oxygens (including phenoxy) is 2. The molecular weight excluding hydrogens is 266 g/mol. The molecule has 0 saturated heterocycles. The zero-order chi connectivity index (χ0) is 15.2. The molecule has 116 valence electrons. The first-order valence-electron chi connectivity index (χ1n) is 7.84. The SMILES string of the molecule is CCCCCC(C)NC(=O)C1Oc2ccccc2OC1C. The molecule has 0 saturated carbocycles. The van der Waals surface area contributed by atoms with E-state index in [0.29, 0.717) is 11.5 Å². The predicted octanol–water partition coefficient (Wildman–Crippen LogP) is 3.30. The maximum atomic E-state index is 12.3. The Morgan fingerprint density at radius 3 is 2.57 bits per heavy atom. The van der Waals surface area contributed by atoms with Crippen LogP contribution in [-0.2, 0) is 4.79 Å². The number of unbranched alkanes of at least 4 members (excludes halogenated alkanes) is 2. The molecule has 1 heterocycles. The van der Waals surface area contributed by atoms with Crippen LogP contribution in [-0.4, -0.2) is 24.2 Å². The molecule has 0 fully saturated rings. The van der Waals surface area contributed by atoms with E-state index < -0.39 is 6.10 Å². The van der Waals surface area contributed by atoms with Gasteiger partial charge in [-0.2, -0.15) is 0 Å². The number of carbonyl (C=O) groups excluding carboxylic acids is 1. The summed E-state index contributed by atoms with van der Waals surface area (Å²) >= 11 is 0. The van der Waals surface area contributed by atoms with E-state index in [0.717, 1.165) is 12.8 Å². The van der Waals surface area contributed by atoms with E-state index in [-0.39, 0.29) is 18.1 Å². The Kier molecular flexibility index (Phi) is 5.48. The number of hydrogen-bond acceptors (Lipinski definition) is 3. The van der Waals surface area contributed by atoms with Crippen molar-refractivity contribution in [2.24, 2.45) is 0 Å². The largest absolute Gasteiger partial charge is 0.482 e. The summed E-state index contributed by atoms with van der Waals surface area (Å²) in [7, 11) is 0. The average molecular weight is 291 g/mol. The number of carbonyl (C=O) groups is 1. The summed E-state index contributed by atoms with van der Waals surface area (Å²) in [5, 5.41) is 3.03. The highest BCUT2D eigenvalue weighted by molar-refractivity contribution is 5.82. The Labute approximate surface area is 126 Å². The van der Waals surface area contributed by atoms with E-state index in [4.69, 9.17) is 9.47 Å².